The van der Waals surface area contributed by atoms with Crippen LogP contribution >= 0.6 is 11.6 Å². The van der Waals surface area contributed by atoms with Gasteiger partial charge in [-0.2, -0.15) is 0 Å². The number of rotatable bonds is 8. The Labute approximate surface area is 237 Å². The first kappa shape index (κ1) is 27.4. The lowest BCUT2D eigenvalue weighted by Gasteiger charge is -2.20. The van der Waals surface area contributed by atoms with E-state index in [2.05, 4.69) is 9.97 Å². The van der Waals surface area contributed by atoms with Crippen LogP contribution in [0.3, 0.4) is 0 Å². The van der Waals surface area contributed by atoms with Crippen molar-refractivity contribution in [2.75, 3.05) is 12.0 Å². The number of benzene rings is 2. The van der Waals surface area contributed by atoms with Crippen LogP contribution in [0.4, 0.5) is 5.82 Å². The van der Waals surface area contributed by atoms with Gasteiger partial charge in [0.15, 0.2) is 5.65 Å². The standard InChI is InChI=1S/C30H27ClN4O4S/c1-20-4-11-27(12-5-20)40(37,38)35-19-24(28-15-25(31)17-33-30(28)35)14-23-8-13-29(32-16-23)34(21(2)36)18-22-6-9-26(39-3)10-7-22/h4-13,15-17,19H,14,18H2,1-3H3. The lowest BCUT2D eigenvalue weighted by atomic mass is 10.1. The molecule has 204 valence electrons. The minimum Gasteiger partial charge on any atom is -0.497 e. The van der Waals surface area contributed by atoms with Crippen LogP contribution in [0.15, 0.2) is 90.2 Å². The van der Waals surface area contributed by atoms with Gasteiger partial charge in [0.25, 0.3) is 10.0 Å². The molecular formula is C30H27ClN4O4S. The predicted molar refractivity (Wildman–Crippen MR) is 155 cm³/mol. The van der Waals surface area contributed by atoms with E-state index in [0.717, 1.165) is 28.0 Å². The number of halogens is 1. The molecule has 0 atom stereocenters. The van der Waals surface area contributed by atoms with Gasteiger partial charge in [0, 0.05) is 37.3 Å². The quantitative estimate of drug-likeness (QED) is 0.233. The molecule has 8 nitrogen and oxygen atoms in total. The number of carbonyl (C=O) groups excluding carboxylic acids is 1. The molecule has 10 heteroatoms. The number of hydrogen-bond donors (Lipinski definition) is 0. The number of ether oxygens (including phenoxy) is 1. The Balaban J connectivity index is 1.44. The highest BCUT2D eigenvalue weighted by molar-refractivity contribution is 7.90. The highest BCUT2D eigenvalue weighted by atomic mass is 35.5. The van der Waals surface area contributed by atoms with Crippen molar-refractivity contribution in [1.29, 1.82) is 0 Å². The first-order chi connectivity index (χ1) is 19.2. The van der Waals surface area contributed by atoms with E-state index >= 15 is 0 Å². The van der Waals surface area contributed by atoms with Crippen molar-refractivity contribution in [3.05, 3.63) is 113 Å². The monoisotopic (exact) mass is 574 g/mol. The summed E-state index contributed by atoms with van der Waals surface area (Å²) in [5.74, 6) is 1.12. The van der Waals surface area contributed by atoms with Crippen molar-refractivity contribution >= 4 is 44.4 Å². The topological polar surface area (TPSA) is 94.4 Å². The van der Waals surface area contributed by atoms with Crippen LogP contribution in [0.5, 0.6) is 5.75 Å². The van der Waals surface area contributed by atoms with E-state index in [4.69, 9.17) is 16.3 Å². The molecule has 0 fully saturated rings. The second kappa shape index (κ2) is 11.1. The zero-order valence-corrected chi connectivity index (χ0v) is 23.8. The van der Waals surface area contributed by atoms with Gasteiger partial charge in [-0.15, -0.1) is 0 Å². The molecular weight excluding hydrogens is 548 g/mol. The molecule has 2 aromatic carbocycles. The summed E-state index contributed by atoms with van der Waals surface area (Å²) in [5.41, 5.74) is 3.77. The minimum absolute atomic E-state index is 0.138. The number of hydrogen-bond acceptors (Lipinski definition) is 6. The predicted octanol–water partition coefficient (Wildman–Crippen LogP) is 5.78. The molecule has 40 heavy (non-hydrogen) atoms. The van der Waals surface area contributed by atoms with Crippen molar-refractivity contribution < 1.29 is 17.9 Å². The van der Waals surface area contributed by atoms with Crippen LogP contribution in [0.2, 0.25) is 5.02 Å². The molecule has 0 spiro atoms. The summed E-state index contributed by atoms with van der Waals surface area (Å²) < 4.78 is 33.4. The number of aromatic nitrogens is 3. The van der Waals surface area contributed by atoms with Crippen molar-refractivity contribution in [1.82, 2.24) is 13.9 Å². The van der Waals surface area contributed by atoms with Gasteiger partial charge in [-0.3, -0.25) is 9.69 Å². The van der Waals surface area contributed by atoms with E-state index in [1.807, 2.05) is 37.3 Å². The molecule has 0 aliphatic rings. The number of nitrogens with zero attached hydrogens (tertiary/aromatic N) is 4. The lowest BCUT2D eigenvalue weighted by molar-refractivity contribution is -0.116. The van der Waals surface area contributed by atoms with Gasteiger partial charge in [0.05, 0.1) is 23.6 Å². The van der Waals surface area contributed by atoms with Gasteiger partial charge < -0.3 is 4.74 Å². The maximum absolute atomic E-state index is 13.5. The average molecular weight is 575 g/mol. The molecule has 0 aliphatic carbocycles. The number of amides is 1. The van der Waals surface area contributed by atoms with Gasteiger partial charge in [0.1, 0.15) is 11.6 Å². The van der Waals surface area contributed by atoms with E-state index < -0.39 is 10.0 Å². The normalized spacial score (nSPS) is 11.5. The van der Waals surface area contributed by atoms with Gasteiger partial charge in [-0.25, -0.2) is 22.4 Å². The molecule has 0 unspecified atom stereocenters. The fraction of sp³-hybridized carbons (Fsp3) is 0.167. The Morgan fingerprint density at radius 2 is 1.68 bits per heavy atom. The first-order valence-corrected chi connectivity index (χ1v) is 14.3. The van der Waals surface area contributed by atoms with Crippen LogP contribution < -0.4 is 9.64 Å². The van der Waals surface area contributed by atoms with Crippen LogP contribution in [0.1, 0.15) is 29.2 Å². The molecule has 0 saturated carbocycles. The molecule has 5 rings (SSSR count). The Hall–Kier alpha value is -4.21. The Morgan fingerprint density at radius 3 is 2.30 bits per heavy atom. The molecule has 0 bridgehead atoms. The first-order valence-electron chi connectivity index (χ1n) is 12.5. The largest absolute Gasteiger partial charge is 0.497 e. The third kappa shape index (κ3) is 5.57. The van der Waals surface area contributed by atoms with E-state index in [9.17, 15) is 13.2 Å². The summed E-state index contributed by atoms with van der Waals surface area (Å²) in [6.45, 7) is 3.76. The summed E-state index contributed by atoms with van der Waals surface area (Å²) in [5, 5.41) is 1.04. The van der Waals surface area contributed by atoms with Gasteiger partial charge in [-0.1, -0.05) is 47.5 Å². The second-order valence-electron chi connectivity index (χ2n) is 9.45. The highest BCUT2D eigenvalue weighted by Gasteiger charge is 2.23. The smallest absolute Gasteiger partial charge is 0.269 e. The summed E-state index contributed by atoms with van der Waals surface area (Å²) in [6, 6.07) is 19.6. The third-order valence-electron chi connectivity index (χ3n) is 6.60. The number of methoxy groups -OCH3 is 1. The van der Waals surface area contributed by atoms with E-state index in [1.54, 1.807) is 60.8 Å². The van der Waals surface area contributed by atoms with Crippen LogP contribution in [-0.4, -0.2) is 35.4 Å². The van der Waals surface area contributed by atoms with Crippen molar-refractivity contribution in [2.24, 2.45) is 0 Å². The molecule has 3 aromatic heterocycles. The van der Waals surface area contributed by atoms with Crippen molar-refractivity contribution in [3.8, 4) is 5.75 Å². The Kier molecular flexibility index (Phi) is 7.60. The van der Waals surface area contributed by atoms with E-state index in [-0.39, 0.29) is 10.8 Å². The fourth-order valence-electron chi connectivity index (χ4n) is 4.43. The van der Waals surface area contributed by atoms with Crippen LogP contribution in [0.25, 0.3) is 11.0 Å². The Bertz CT molecular complexity index is 1780. The SMILES string of the molecule is COc1ccc(CN(C(C)=O)c2ccc(Cc3cn(S(=O)(=O)c4ccc(C)cc4)c4ncc(Cl)cc34)cn2)cc1. The van der Waals surface area contributed by atoms with Gasteiger partial charge in [0.2, 0.25) is 5.91 Å². The number of fused-ring (bicyclic) bond motifs is 1. The van der Waals surface area contributed by atoms with Gasteiger partial charge >= 0.3 is 0 Å². The summed E-state index contributed by atoms with van der Waals surface area (Å²) >= 11 is 6.24. The molecule has 0 saturated heterocycles. The molecule has 5 aromatic rings. The Morgan fingerprint density at radius 1 is 0.975 bits per heavy atom. The van der Waals surface area contributed by atoms with Crippen molar-refractivity contribution in [3.63, 3.8) is 0 Å². The molecule has 0 radical (unpaired) electrons. The molecule has 1 amide bonds. The number of pyridine rings is 2. The second-order valence-corrected chi connectivity index (χ2v) is 11.7. The molecule has 0 aliphatic heterocycles. The number of carbonyl (C=O) groups is 1. The lowest BCUT2D eigenvalue weighted by Crippen LogP contribution is -2.28. The third-order valence-corrected chi connectivity index (χ3v) is 8.47. The van der Waals surface area contributed by atoms with Crippen LogP contribution in [0, 0.1) is 6.92 Å². The number of anilines is 1. The highest BCUT2D eigenvalue weighted by Crippen LogP contribution is 2.29. The van der Waals surface area contributed by atoms with Crippen LogP contribution in [-0.2, 0) is 27.8 Å². The molecule has 0 N–H and O–H groups in total. The molecule has 3 heterocycles. The average Bonchev–Trinajstić information content (AvgIpc) is 3.30. The zero-order chi connectivity index (χ0) is 28.4. The summed E-state index contributed by atoms with van der Waals surface area (Å²) in [7, 11) is -2.28. The van der Waals surface area contributed by atoms with Gasteiger partial charge in [-0.05, 0) is 60.0 Å². The zero-order valence-electron chi connectivity index (χ0n) is 22.2. The summed E-state index contributed by atoms with van der Waals surface area (Å²) in [4.78, 5) is 23.1. The van der Waals surface area contributed by atoms with E-state index in [1.165, 1.54) is 17.1 Å². The maximum atomic E-state index is 13.5. The van der Waals surface area contributed by atoms with E-state index in [0.29, 0.717) is 34.8 Å². The number of aryl methyl sites for hydroxylation is 1. The maximum Gasteiger partial charge on any atom is 0.269 e. The minimum atomic E-state index is -3.88. The summed E-state index contributed by atoms with van der Waals surface area (Å²) in [6.07, 6.45) is 5.10. The van der Waals surface area contributed by atoms with Crippen molar-refractivity contribution in [2.45, 2.75) is 31.7 Å². The fourth-order valence-corrected chi connectivity index (χ4v) is 5.94.